The second-order valence-corrected chi connectivity index (χ2v) is 9.04. The van der Waals surface area contributed by atoms with Crippen molar-refractivity contribution in [3.63, 3.8) is 0 Å². The Kier molecular flexibility index (Phi) is 8.75. The predicted molar refractivity (Wildman–Crippen MR) is 150 cm³/mol. The normalized spacial score (nSPS) is 10.3. The molecule has 4 rings (SSSR count). The van der Waals surface area contributed by atoms with Crippen molar-refractivity contribution >= 4 is 10.8 Å². The lowest BCUT2D eigenvalue weighted by atomic mass is 10.0. The third-order valence-electron chi connectivity index (χ3n) is 6.26. The lowest BCUT2D eigenvalue weighted by Gasteiger charge is -2.05. The molecule has 0 aliphatic heterocycles. The van der Waals surface area contributed by atoms with Crippen molar-refractivity contribution in [1.29, 1.82) is 0 Å². The molecule has 0 bridgehead atoms. The second-order valence-electron chi connectivity index (χ2n) is 9.04. The molecular weight excluding hydrogens is 439 g/mol. The molecular formula is C35H31F. The zero-order valence-corrected chi connectivity index (χ0v) is 20.9. The van der Waals surface area contributed by atoms with E-state index in [4.69, 9.17) is 0 Å². The van der Waals surface area contributed by atoms with Gasteiger partial charge in [-0.1, -0.05) is 85.9 Å². The summed E-state index contributed by atoms with van der Waals surface area (Å²) >= 11 is 0. The van der Waals surface area contributed by atoms with Gasteiger partial charge in [0.15, 0.2) is 0 Å². The van der Waals surface area contributed by atoms with Crippen LogP contribution in [-0.2, 0) is 12.8 Å². The van der Waals surface area contributed by atoms with Crippen molar-refractivity contribution < 1.29 is 4.39 Å². The lowest BCUT2D eigenvalue weighted by molar-refractivity contribution is 0.636. The molecule has 0 radical (unpaired) electrons. The Morgan fingerprint density at radius 3 is 1.94 bits per heavy atom. The highest BCUT2D eigenvalue weighted by Crippen LogP contribution is 2.23. The van der Waals surface area contributed by atoms with Gasteiger partial charge in [0, 0.05) is 22.1 Å². The summed E-state index contributed by atoms with van der Waals surface area (Å²) in [7, 11) is 0. The van der Waals surface area contributed by atoms with Crippen molar-refractivity contribution in [1.82, 2.24) is 0 Å². The third-order valence-corrected chi connectivity index (χ3v) is 6.26. The highest BCUT2D eigenvalue weighted by molar-refractivity contribution is 5.85. The van der Waals surface area contributed by atoms with Crippen LogP contribution < -0.4 is 0 Å². The number of halogens is 1. The van der Waals surface area contributed by atoms with E-state index in [-0.39, 0.29) is 5.82 Å². The molecule has 4 aromatic carbocycles. The van der Waals surface area contributed by atoms with E-state index in [1.165, 1.54) is 30.4 Å². The van der Waals surface area contributed by atoms with Crippen LogP contribution in [0.2, 0.25) is 0 Å². The van der Waals surface area contributed by atoms with E-state index in [1.807, 2.05) is 54.6 Å². The van der Waals surface area contributed by atoms with Crippen molar-refractivity contribution in [2.24, 2.45) is 0 Å². The van der Waals surface area contributed by atoms with Crippen LogP contribution >= 0.6 is 0 Å². The molecule has 0 nitrogen and oxygen atoms in total. The van der Waals surface area contributed by atoms with Crippen LogP contribution in [0.3, 0.4) is 0 Å². The molecule has 0 heterocycles. The minimum absolute atomic E-state index is 0.269. The fourth-order valence-electron chi connectivity index (χ4n) is 4.12. The SMILES string of the molecule is C=CCCc1ccc2c(F)c(C#Cc3ccc(C#Cc4ccc(CCCCC)cc4)cc3)ccc2c1. The molecule has 0 spiro atoms. The first-order chi connectivity index (χ1) is 17.7. The van der Waals surface area contributed by atoms with Gasteiger partial charge in [-0.25, -0.2) is 4.39 Å². The molecule has 0 fully saturated rings. The molecule has 178 valence electrons. The summed E-state index contributed by atoms with van der Waals surface area (Å²) in [4.78, 5) is 0. The maximum absolute atomic E-state index is 15.0. The van der Waals surface area contributed by atoms with Gasteiger partial charge in [-0.15, -0.1) is 6.58 Å². The largest absolute Gasteiger partial charge is 0.205 e. The maximum Gasteiger partial charge on any atom is 0.146 e. The summed E-state index contributed by atoms with van der Waals surface area (Å²) in [5.41, 5.74) is 5.73. The van der Waals surface area contributed by atoms with E-state index in [9.17, 15) is 0 Å². The summed E-state index contributed by atoms with van der Waals surface area (Å²) in [6.07, 6.45) is 8.60. The standard InChI is InChI=1S/C35H31F/c1-3-5-7-9-27-10-12-28(13-11-27)14-15-29-16-18-30(19-17-29)20-22-32-23-24-33-26-31(8-6-4-2)21-25-34(33)35(32)36/h4,10-13,16-19,21,23-26H,2-3,5-9H2,1H3. The zero-order chi connectivity index (χ0) is 25.2. The van der Waals surface area contributed by atoms with Crippen LogP contribution in [0.25, 0.3) is 10.8 Å². The number of allylic oxidation sites excluding steroid dienone is 1. The zero-order valence-electron chi connectivity index (χ0n) is 20.9. The Labute approximate surface area is 214 Å². The molecule has 0 atom stereocenters. The van der Waals surface area contributed by atoms with Crippen molar-refractivity contribution in [3.05, 3.63) is 131 Å². The highest BCUT2D eigenvalue weighted by Gasteiger charge is 2.06. The Balaban J connectivity index is 1.43. The van der Waals surface area contributed by atoms with Crippen molar-refractivity contribution in [2.45, 2.75) is 45.4 Å². The molecule has 1 heteroatoms. The number of fused-ring (bicyclic) bond motifs is 1. The first-order valence-corrected chi connectivity index (χ1v) is 12.7. The number of hydrogen-bond donors (Lipinski definition) is 0. The van der Waals surface area contributed by atoms with Gasteiger partial charge in [-0.3, -0.25) is 0 Å². The monoisotopic (exact) mass is 470 g/mol. The molecule has 0 aliphatic carbocycles. The minimum Gasteiger partial charge on any atom is -0.205 e. The van der Waals surface area contributed by atoms with Crippen molar-refractivity contribution in [3.8, 4) is 23.7 Å². The molecule has 0 aliphatic rings. The quantitative estimate of drug-likeness (QED) is 0.144. The first-order valence-electron chi connectivity index (χ1n) is 12.7. The van der Waals surface area contributed by atoms with Gasteiger partial charge in [-0.2, -0.15) is 0 Å². The fraction of sp³-hybridized carbons (Fsp3) is 0.200. The molecule has 0 amide bonds. The van der Waals surface area contributed by atoms with Gasteiger partial charge in [0.25, 0.3) is 0 Å². The van der Waals surface area contributed by atoms with Gasteiger partial charge in [-0.05, 0) is 84.7 Å². The van der Waals surface area contributed by atoms with E-state index in [2.05, 4.69) is 61.4 Å². The topological polar surface area (TPSA) is 0 Å². The second kappa shape index (κ2) is 12.6. The average Bonchev–Trinajstić information content (AvgIpc) is 2.92. The highest BCUT2D eigenvalue weighted by atomic mass is 19.1. The predicted octanol–water partition coefficient (Wildman–Crippen LogP) is 8.63. The molecule has 4 aromatic rings. The Bertz CT molecular complexity index is 1450. The maximum atomic E-state index is 15.0. The van der Waals surface area contributed by atoms with E-state index in [1.54, 1.807) is 6.07 Å². The Morgan fingerprint density at radius 2 is 1.31 bits per heavy atom. The van der Waals surface area contributed by atoms with Crippen LogP contribution in [0.4, 0.5) is 4.39 Å². The Morgan fingerprint density at radius 1 is 0.694 bits per heavy atom. The van der Waals surface area contributed by atoms with E-state index >= 15 is 4.39 Å². The molecule has 0 saturated carbocycles. The third kappa shape index (κ3) is 6.75. The van der Waals surface area contributed by atoms with Crippen LogP contribution in [0.15, 0.2) is 91.5 Å². The van der Waals surface area contributed by atoms with E-state index < -0.39 is 0 Å². The number of rotatable bonds is 7. The molecule has 0 unspecified atom stereocenters. The van der Waals surface area contributed by atoms with Crippen molar-refractivity contribution in [2.75, 3.05) is 0 Å². The smallest absolute Gasteiger partial charge is 0.146 e. The lowest BCUT2D eigenvalue weighted by Crippen LogP contribution is -1.89. The van der Waals surface area contributed by atoms with Crippen LogP contribution in [0, 0.1) is 29.5 Å². The molecule has 0 N–H and O–H groups in total. The van der Waals surface area contributed by atoms with Crippen LogP contribution in [-0.4, -0.2) is 0 Å². The number of hydrogen-bond acceptors (Lipinski definition) is 0. The summed E-state index contributed by atoms with van der Waals surface area (Å²) in [6.45, 7) is 5.99. The fourth-order valence-corrected chi connectivity index (χ4v) is 4.12. The van der Waals surface area contributed by atoms with Gasteiger partial charge in [0.05, 0.1) is 5.56 Å². The summed E-state index contributed by atoms with van der Waals surface area (Å²) in [6, 6.07) is 25.9. The number of benzene rings is 4. The van der Waals surface area contributed by atoms with Crippen LogP contribution in [0.5, 0.6) is 0 Å². The van der Waals surface area contributed by atoms with E-state index in [0.29, 0.717) is 10.9 Å². The number of unbranched alkanes of at least 4 members (excludes halogenated alkanes) is 2. The summed E-state index contributed by atoms with van der Waals surface area (Å²) < 4.78 is 15.0. The minimum atomic E-state index is -0.269. The van der Waals surface area contributed by atoms with Crippen LogP contribution in [0.1, 0.15) is 66.0 Å². The molecule has 36 heavy (non-hydrogen) atoms. The van der Waals surface area contributed by atoms with Gasteiger partial charge in [0.1, 0.15) is 5.82 Å². The van der Waals surface area contributed by atoms with Gasteiger partial charge in [0.2, 0.25) is 0 Å². The average molecular weight is 471 g/mol. The molecule has 0 aromatic heterocycles. The van der Waals surface area contributed by atoms with E-state index in [0.717, 1.165) is 41.3 Å². The Hall–Kier alpha value is -4.07. The molecule has 0 saturated heterocycles. The van der Waals surface area contributed by atoms with Gasteiger partial charge < -0.3 is 0 Å². The number of aryl methyl sites for hydroxylation is 2. The summed E-state index contributed by atoms with van der Waals surface area (Å²) in [5.74, 6) is 12.3. The summed E-state index contributed by atoms with van der Waals surface area (Å²) in [5, 5.41) is 1.50. The van der Waals surface area contributed by atoms with Gasteiger partial charge >= 0.3 is 0 Å². The first kappa shape index (κ1) is 25.0.